The van der Waals surface area contributed by atoms with E-state index in [9.17, 15) is 14.9 Å². The van der Waals surface area contributed by atoms with Crippen LogP contribution in [0.25, 0.3) is 10.9 Å². The van der Waals surface area contributed by atoms with Crippen molar-refractivity contribution in [3.8, 4) is 5.75 Å². The van der Waals surface area contributed by atoms with Gasteiger partial charge in [-0.2, -0.15) is 0 Å². The first-order valence-electron chi connectivity index (χ1n) is 8.42. The molecule has 1 amide bonds. The lowest BCUT2D eigenvalue weighted by Crippen LogP contribution is -2.23. The number of rotatable bonds is 6. The van der Waals surface area contributed by atoms with Crippen molar-refractivity contribution in [3.05, 3.63) is 58.4 Å². The molecular formula is C19H18N4O4S. The summed E-state index contributed by atoms with van der Waals surface area (Å²) in [5.74, 6) is 0.591. The second kappa shape index (κ2) is 8.22. The van der Waals surface area contributed by atoms with Gasteiger partial charge in [-0.3, -0.25) is 14.9 Å². The number of carbonyl (C=O) groups is 1. The molecule has 1 aromatic heterocycles. The number of hydrogen-bond donors (Lipinski definition) is 1. The summed E-state index contributed by atoms with van der Waals surface area (Å²) in [6.07, 6.45) is 0. The number of nitro benzene ring substituents is 1. The number of hydrogen-bond acceptors (Lipinski definition) is 7. The van der Waals surface area contributed by atoms with Gasteiger partial charge >= 0.3 is 0 Å². The molecule has 0 saturated carbocycles. The highest BCUT2D eigenvalue weighted by molar-refractivity contribution is 8.00. The standard InChI is InChI=1S/C19H18N4O4S/c1-11(28-19-14-6-4-5-7-15(14)20-12(2)21-19)18(24)22-16-9-8-13(27-3)10-17(16)23(25)26/h4-11H,1-3H3,(H,22,24)/t11-/m0/s1. The molecule has 0 fully saturated rings. The van der Waals surface area contributed by atoms with Crippen LogP contribution in [-0.2, 0) is 4.79 Å². The maximum absolute atomic E-state index is 12.6. The lowest BCUT2D eigenvalue weighted by molar-refractivity contribution is -0.384. The molecule has 3 aromatic rings. The second-order valence-corrected chi connectivity index (χ2v) is 7.31. The minimum absolute atomic E-state index is 0.118. The maximum Gasteiger partial charge on any atom is 0.296 e. The number of methoxy groups -OCH3 is 1. The van der Waals surface area contributed by atoms with Crippen LogP contribution in [0.4, 0.5) is 11.4 Å². The van der Waals surface area contributed by atoms with Crippen molar-refractivity contribution in [3.63, 3.8) is 0 Å². The molecule has 0 aliphatic heterocycles. The summed E-state index contributed by atoms with van der Waals surface area (Å²) in [7, 11) is 1.42. The van der Waals surface area contributed by atoms with E-state index in [1.54, 1.807) is 19.9 Å². The molecule has 1 N–H and O–H groups in total. The number of aromatic nitrogens is 2. The number of fused-ring (bicyclic) bond motifs is 1. The highest BCUT2D eigenvalue weighted by atomic mass is 32.2. The molecule has 1 heterocycles. The topological polar surface area (TPSA) is 107 Å². The third-order valence-corrected chi connectivity index (χ3v) is 5.10. The van der Waals surface area contributed by atoms with Gasteiger partial charge in [0.1, 0.15) is 22.3 Å². The predicted octanol–water partition coefficient (Wildman–Crippen LogP) is 3.97. The smallest absolute Gasteiger partial charge is 0.296 e. The number of carbonyl (C=O) groups excluding carboxylic acids is 1. The zero-order chi connectivity index (χ0) is 20.3. The number of aryl methyl sites for hydroxylation is 1. The summed E-state index contributed by atoms with van der Waals surface area (Å²) in [5.41, 5.74) is 0.691. The first-order valence-corrected chi connectivity index (χ1v) is 9.30. The molecule has 0 unspecified atom stereocenters. The number of thioether (sulfide) groups is 1. The van der Waals surface area contributed by atoms with Gasteiger partial charge in [-0.15, -0.1) is 0 Å². The fourth-order valence-corrected chi connectivity index (χ4v) is 3.58. The van der Waals surface area contributed by atoms with Crippen molar-refractivity contribution in [2.45, 2.75) is 24.1 Å². The second-order valence-electron chi connectivity index (χ2n) is 5.98. The number of anilines is 1. The van der Waals surface area contributed by atoms with E-state index in [4.69, 9.17) is 4.74 Å². The first kappa shape index (κ1) is 19.6. The van der Waals surface area contributed by atoms with E-state index in [1.807, 2.05) is 24.3 Å². The van der Waals surface area contributed by atoms with Gasteiger partial charge in [-0.25, -0.2) is 9.97 Å². The van der Waals surface area contributed by atoms with Crippen LogP contribution in [0, 0.1) is 17.0 Å². The molecule has 28 heavy (non-hydrogen) atoms. The number of nitrogens with one attached hydrogen (secondary N) is 1. The van der Waals surface area contributed by atoms with Crippen molar-refractivity contribution in [1.82, 2.24) is 9.97 Å². The zero-order valence-electron chi connectivity index (χ0n) is 15.5. The van der Waals surface area contributed by atoms with E-state index in [0.29, 0.717) is 16.6 Å². The van der Waals surface area contributed by atoms with Crippen LogP contribution >= 0.6 is 11.8 Å². The first-order chi connectivity index (χ1) is 13.4. The van der Waals surface area contributed by atoms with Crippen molar-refractivity contribution in [2.24, 2.45) is 0 Å². The van der Waals surface area contributed by atoms with Gasteiger partial charge in [0.05, 0.1) is 28.9 Å². The van der Waals surface area contributed by atoms with Crippen molar-refractivity contribution in [2.75, 3.05) is 12.4 Å². The normalized spacial score (nSPS) is 11.8. The number of para-hydroxylation sites is 1. The Morgan fingerprint density at radius 1 is 1.25 bits per heavy atom. The highest BCUT2D eigenvalue weighted by Crippen LogP contribution is 2.32. The van der Waals surface area contributed by atoms with E-state index in [0.717, 1.165) is 10.9 Å². The van der Waals surface area contributed by atoms with Gasteiger partial charge in [0.25, 0.3) is 5.69 Å². The number of amides is 1. The van der Waals surface area contributed by atoms with Crippen molar-refractivity contribution in [1.29, 1.82) is 0 Å². The quantitative estimate of drug-likeness (QED) is 0.290. The van der Waals surface area contributed by atoms with Crippen molar-refractivity contribution < 1.29 is 14.5 Å². The lowest BCUT2D eigenvalue weighted by Gasteiger charge is -2.13. The van der Waals surface area contributed by atoms with Gasteiger partial charge < -0.3 is 10.1 Å². The fourth-order valence-electron chi connectivity index (χ4n) is 2.60. The molecule has 0 aliphatic rings. The van der Waals surface area contributed by atoms with E-state index in [-0.39, 0.29) is 17.3 Å². The summed E-state index contributed by atoms with van der Waals surface area (Å²) < 4.78 is 5.01. The van der Waals surface area contributed by atoms with Crippen LogP contribution in [0.1, 0.15) is 12.7 Å². The van der Waals surface area contributed by atoms with E-state index >= 15 is 0 Å². The van der Waals surface area contributed by atoms with E-state index < -0.39 is 10.2 Å². The van der Waals surface area contributed by atoms with Crippen molar-refractivity contribution >= 4 is 39.9 Å². The molecule has 2 aromatic carbocycles. The summed E-state index contributed by atoms with van der Waals surface area (Å²) in [6, 6.07) is 11.8. The van der Waals surface area contributed by atoms with Gasteiger partial charge in [-0.1, -0.05) is 30.0 Å². The Balaban J connectivity index is 1.82. The SMILES string of the molecule is COc1ccc(NC(=O)[C@H](C)Sc2nc(C)nc3ccccc23)c([N+](=O)[O-])c1. The summed E-state index contributed by atoms with van der Waals surface area (Å²) in [4.78, 5) is 32.2. The van der Waals surface area contributed by atoms with Gasteiger partial charge in [0.15, 0.2) is 0 Å². The molecule has 1 atom stereocenters. The summed E-state index contributed by atoms with van der Waals surface area (Å²) in [6.45, 7) is 3.52. The van der Waals surface area contributed by atoms with Crippen LogP contribution in [-0.4, -0.2) is 33.2 Å². The molecule has 0 saturated heterocycles. The molecule has 144 valence electrons. The Bertz CT molecular complexity index is 1060. The number of ether oxygens (including phenoxy) is 1. The zero-order valence-corrected chi connectivity index (χ0v) is 16.3. The Kier molecular flexibility index (Phi) is 5.74. The lowest BCUT2D eigenvalue weighted by atomic mass is 10.2. The minimum atomic E-state index is -0.558. The summed E-state index contributed by atoms with van der Waals surface area (Å²) >= 11 is 1.28. The highest BCUT2D eigenvalue weighted by Gasteiger charge is 2.22. The van der Waals surface area contributed by atoms with E-state index in [2.05, 4.69) is 15.3 Å². The van der Waals surface area contributed by atoms with Crippen LogP contribution in [0.5, 0.6) is 5.75 Å². The monoisotopic (exact) mass is 398 g/mol. The Hall–Kier alpha value is -3.20. The molecule has 0 spiro atoms. The van der Waals surface area contributed by atoms with Crippen LogP contribution in [0.15, 0.2) is 47.5 Å². The molecule has 3 rings (SSSR count). The molecule has 9 heteroatoms. The average molecular weight is 398 g/mol. The molecule has 0 aliphatic carbocycles. The third kappa shape index (κ3) is 4.20. The fraction of sp³-hybridized carbons (Fsp3) is 0.211. The number of benzene rings is 2. The van der Waals surface area contributed by atoms with E-state index in [1.165, 1.54) is 31.0 Å². The molecule has 8 nitrogen and oxygen atoms in total. The summed E-state index contributed by atoms with van der Waals surface area (Å²) in [5, 5.41) is 14.9. The largest absolute Gasteiger partial charge is 0.496 e. The number of nitro groups is 1. The number of nitrogens with zero attached hydrogens (tertiary/aromatic N) is 3. The van der Waals surface area contributed by atoms with Gasteiger partial charge in [0.2, 0.25) is 5.91 Å². The molecule has 0 radical (unpaired) electrons. The Labute approximate surface area is 165 Å². The molecule has 0 bridgehead atoms. The Morgan fingerprint density at radius 2 is 2.00 bits per heavy atom. The maximum atomic E-state index is 12.6. The molecular weight excluding hydrogens is 380 g/mol. The van der Waals surface area contributed by atoms with Crippen LogP contribution in [0.3, 0.4) is 0 Å². The van der Waals surface area contributed by atoms with Crippen LogP contribution in [0.2, 0.25) is 0 Å². The Morgan fingerprint density at radius 3 is 2.71 bits per heavy atom. The average Bonchev–Trinajstić information content (AvgIpc) is 2.67. The minimum Gasteiger partial charge on any atom is -0.496 e. The van der Waals surface area contributed by atoms with Crippen LogP contribution < -0.4 is 10.1 Å². The third-order valence-electron chi connectivity index (χ3n) is 4.00. The van der Waals surface area contributed by atoms with Gasteiger partial charge in [-0.05, 0) is 32.0 Å². The predicted molar refractivity (Wildman–Crippen MR) is 108 cm³/mol. The van der Waals surface area contributed by atoms with Gasteiger partial charge in [0, 0.05) is 5.39 Å².